The molecule has 12 heteroatoms. The molecular formula is C32H36FNO9S. The van der Waals surface area contributed by atoms with Crippen LogP contribution in [0.1, 0.15) is 67.2 Å². The molecule has 0 radical (unpaired) electrons. The first-order valence-corrected chi connectivity index (χ1v) is 14.6. The van der Waals surface area contributed by atoms with E-state index >= 15 is 0 Å². The zero-order chi connectivity index (χ0) is 32.6. The van der Waals surface area contributed by atoms with Gasteiger partial charge in [0.2, 0.25) is 5.95 Å². The van der Waals surface area contributed by atoms with Crippen molar-refractivity contribution in [3.63, 3.8) is 0 Å². The second-order valence-electron chi connectivity index (χ2n) is 10.1. The van der Waals surface area contributed by atoms with Crippen molar-refractivity contribution in [2.45, 2.75) is 78.5 Å². The third-order valence-corrected chi connectivity index (χ3v) is 7.78. The monoisotopic (exact) mass is 629 g/mol. The van der Waals surface area contributed by atoms with E-state index in [9.17, 15) is 23.6 Å². The maximum Gasteiger partial charge on any atom is 0.303 e. The first-order valence-electron chi connectivity index (χ1n) is 13.8. The van der Waals surface area contributed by atoms with Crippen LogP contribution < -0.4 is 0 Å². The van der Waals surface area contributed by atoms with E-state index in [-0.39, 0.29) is 6.61 Å². The highest BCUT2D eigenvalue weighted by Gasteiger charge is 2.52. The van der Waals surface area contributed by atoms with E-state index in [1.54, 1.807) is 13.0 Å². The fraction of sp³-hybridized carbons (Fsp3) is 0.406. The number of allylic oxidation sites excluding steroid dienone is 2. The molecule has 1 aliphatic heterocycles. The Morgan fingerprint density at radius 3 is 2.20 bits per heavy atom. The van der Waals surface area contributed by atoms with Gasteiger partial charge in [0.05, 0.1) is 0 Å². The van der Waals surface area contributed by atoms with E-state index in [0.717, 1.165) is 20.9 Å². The van der Waals surface area contributed by atoms with E-state index in [4.69, 9.17) is 23.7 Å². The summed E-state index contributed by atoms with van der Waals surface area (Å²) in [6.45, 7) is 11.9. The number of benzene rings is 1. The number of ether oxygens (including phenoxy) is 5. The maximum absolute atomic E-state index is 13.4. The van der Waals surface area contributed by atoms with Gasteiger partial charge in [-0.1, -0.05) is 24.8 Å². The molecule has 10 nitrogen and oxygen atoms in total. The highest BCUT2D eigenvalue weighted by Crippen LogP contribution is 2.38. The second-order valence-corrected chi connectivity index (χ2v) is 11.3. The lowest BCUT2D eigenvalue weighted by molar-refractivity contribution is -0.254. The number of rotatable bonds is 11. The van der Waals surface area contributed by atoms with Crippen molar-refractivity contribution in [2.75, 3.05) is 6.61 Å². The first kappa shape index (κ1) is 34.3. The molecule has 0 spiro atoms. The molecule has 0 amide bonds. The summed E-state index contributed by atoms with van der Waals surface area (Å²) in [6, 6.07) is 9.42. The van der Waals surface area contributed by atoms with Gasteiger partial charge < -0.3 is 23.7 Å². The predicted molar refractivity (Wildman–Crippen MR) is 162 cm³/mol. The first-order chi connectivity index (χ1) is 20.8. The number of carbonyl (C=O) groups is 4. The van der Waals surface area contributed by atoms with Crippen LogP contribution in [0.3, 0.4) is 0 Å². The topological polar surface area (TPSA) is 127 Å². The molecule has 1 aliphatic rings. The van der Waals surface area contributed by atoms with Gasteiger partial charge in [-0.3, -0.25) is 19.2 Å². The van der Waals surface area contributed by atoms with E-state index in [1.165, 1.54) is 51.3 Å². The average molecular weight is 630 g/mol. The molecule has 0 N–H and O–H groups in total. The molecule has 5 atom stereocenters. The Bertz CT molecular complexity index is 1460. The van der Waals surface area contributed by atoms with E-state index in [1.807, 2.05) is 31.2 Å². The maximum atomic E-state index is 13.4. The Labute approximate surface area is 259 Å². The quantitative estimate of drug-likeness (QED) is 0.140. The normalized spacial score (nSPS) is 21.9. The molecule has 3 unspecified atom stereocenters. The molecule has 2 heterocycles. The molecule has 1 saturated heterocycles. The van der Waals surface area contributed by atoms with Crippen LogP contribution in [0.2, 0.25) is 0 Å². The Balaban J connectivity index is 2.00. The predicted octanol–water partition coefficient (Wildman–Crippen LogP) is 5.36. The summed E-state index contributed by atoms with van der Waals surface area (Å²) in [5.74, 6) is -3.26. The molecule has 1 aromatic heterocycles. The van der Waals surface area contributed by atoms with Gasteiger partial charge in [-0.15, -0.1) is 11.3 Å². The lowest BCUT2D eigenvalue weighted by Gasteiger charge is -2.44. The van der Waals surface area contributed by atoms with Crippen molar-refractivity contribution in [1.82, 2.24) is 0 Å². The third-order valence-electron chi connectivity index (χ3n) is 6.62. The number of aryl methyl sites for hydroxylation is 1. The van der Waals surface area contributed by atoms with Crippen LogP contribution in [0.4, 0.5) is 4.39 Å². The van der Waals surface area contributed by atoms with E-state index < -0.39 is 60.3 Å². The Morgan fingerprint density at radius 2 is 1.59 bits per heavy atom. The largest absolute Gasteiger partial charge is 0.463 e. The minimum Gasteiger partial charge on any atom is -0.463 e. The number of hydrogen-bond acceptors (Lipinski definition) is 11. The van der Waals surface area contributed by atoms with Crippen LogP contribution in [0, 0.1) is 6.92 Å². The fourth-order valence-corrected chi connectivity index (χ4v) is 5.63. The van der Waals surface area contributed by atoms with Crippen molar-refractivity contribution in [2.24, 2.45) is 4.99 Å². The molecule has 1 fully saturated rings. The standard InChI is InChI=1S/C32H36FNO9S/c1-8-28(33)34-15-18(3)27-12-11-25(44-27)14-24-13-23(10-9-17(24)2)29-31(41-21(6)37)32(42-22(7)38)30(40-20(5)36)26(43-29)16-39-19(4)35/h8-13,15,26,29-32H,3,14,16H2,1-2,4-7H3/b28-8-,34-15?/t26?,29?,30-,31+,32?/m1/s1. The van der Waals surface area contributed by atoms with Crippen LogP contribution >= 0.6 is 11.3 Å². The van der Waals surface area contributed by atoms with Gasteiger partial charge in [-0.05, 0) is 48.7 Å². The minimum absolute atomic E-state index is 0.309. The van der Waals surface area contributed by atoms with Gasteiger partial charge >= 0.3 is 23.9 Å². The van der Waals surface area contributed by atoms with Crippen molar-refractivity contribution in [3.8, 4) is 0 Å². The van der Waals surface area contributed by atoms with Gasteiger partial charge in [0.15, 0.2) is 18.3 Å². The number of nitrogens with zero attached hydrogens (tertiary/aromatic N) is 1. The summed E-state index contributed by atoms with van der Waals surface area (Å²) >= 11 is 1.49. The molecular weight excluding hydrogens is 593 g/mol. The summed E-state index contributed by atoms with van der Waals surface area (Å²) in [5, 5.41) is 0. The highest BCUT2D eigenvalue weighted by molar-refractivity contribution is 7.13. The molecule has 1 aromatic carbocycles. The lowest BCUT2D eigenvalue weighted by atomic mass is 9.88. The Hall–Kier alpha value is -4.16. The van der Waals surface area contributed by atoms with Crippen LogP contribution in [0.15, 0.2) is 53.9 Å². The number of hydrogen-bond donors (Lipinski definition) is 0. The summed E-state index contributed by atoms with van der Waals surface area (Å²) in [4.78, 5) is 53.6. The van der Waals surface area contributed by atoms with Gasteiger partial charge in [-0.25, -0.2) is 4.99 Å². The van der Waals surface area contributed by atoms with E-state index in [0.29, 0.717) is 17.6 Å². The van der Waals surface area contributed by atoms with Crippen molar-refractivity contribution >= 4 is 47.0 Å². The lowest BCUT2D eigenvalue weighted by Crippen LogP contribution is -2.59. The van der Waals surface area contributed by atoms with Crippen LogP contribution in [-0.2, 0) is 49.3 Å². The fourth-order valence-electron chi connectivity index (χ4n) is 4.67. The molecule has 3 rings (SSSR count). The van der Waals surface area contributed by atoms with Gasteiger partial charge in [0.1, 0.15) is 18.8 Å². The summed E-state index contributed by atoms with van der Waals surface area (Å²) in [5.41, 5.74) is 3.08. The second kappa shape index (κ2) is 15.5. The number of esters is 4. The molecule has 0 bridgehead atoms. The smallest absolute Gasteiger partial charge is 0.303 e. The number of carbonyl (C=O) groups excluding carboxylic acids is 4. The number of halogens is 1. The average Bonchev–Trinajstić information content (AvgIpc) is 3.41. The summed E-state index contributed by atoms with van der Waals surface area (Å²) in [7, 11) is 0. The molecule has 0 aliphatic carbocycles. The Kier molecular flexibility index (Phi) is 12.1. The van der Waals surface area contributed by atoms with Crippen molar-refractivity contribution in [3.05, 3.63) is 75.4 Å². The van der Waals surface area contributed by atoms with Crippen molar-refractivity contribution < 1.29 is 47.3 Å². The number of aliphatic imine (C=N–C) groups is 1. The SMILES string of the molecule is C=C(C=N/C(F)=C\C)c1ccc(Cc2cc(C3OC(COC(C)=O)[C@@H](OC(C)=O)C(OC(C)=O)[C@H]3OC(C)=O)ccc2C)s1. The number of thiophene rings is 1. The van der Waals surface area contributed by atoms with Gasteiger partial charge in [0.25, 0.3) is 0 Å². The zero-order valence-electron chi connectivity index (χ0n) is 25.5. The van der Waals surface area contributed by atoms with Crippen LogP contribution in [-0.4, -0.2) is 61.1 Å². The zero-order valence-corrected chi connectivity index (χ0v) is 26.3. The molecule has 236 valence electrons. The third kappa shape index (κ3) is 9.42. The van der Waals surface area contributed by atoms with E-state index in [2.05, 4.69) is 11.6 Å². The minimum atomic E-state index is -1.26. The Morgan fingerprint density at radius 1 is 0.955 bits per heavy atom. The van der Waals surface area contributed by atoms with Crippen LogP contribution in [0.25, 0.3) is 5.57 Å². The molecule has 0 saturated carbocycles. The van der Waals surface area contributed by atoms with Crippen LogP contribution in [0.5, 0.6) is 0 Å². The summed E-state index contributed by atoms with van der Waals surface area (Å²) < 4.78 is 41.6. The highest BCUT2D eigenvalue weighted by atomic mass is 32.1. The van der Waals surface area contributed by atoms with Crippen molar-refractivity contribution in [1.29, 1.82) is 0 Å². The molecule has 44 heavy (non-hydrogen) atoms. The van der Waals surface area contributed by atoms with Gasteiger partial charge in [0, 0.05) is 55.7 Å². The summed E-state index contributed by atoms with van der Waals surface area (Å²) in [6.07, 6.45) is -2.55. The van der Waals surface area contributed by atoms with Gasteiger partial charge in [-0.2, -0.15) is 4.39 Å². The molecule has 2 aromatic rings.